The highest BCUT2D eigenvalue weighted by atomic mass is 32.2. The lowest BCUT2D eigenvalue weighted by atomic mass is 10.2. The number of thioether (sulfide) groups is 1. The number of hydrogen-bond acceptors (Lipinski definition) is 5. The quantitative estimate of drug-likeness (QED) is 0.846. The molecule has 1 aromatic heterocycles. The van der Waals surface area contributed by atoms with Gasteiger partial charge in [0.25, 0.3) is 5.89 Å². The lowest BCUT2D eigenvalue weighted by Crippen LogP contribution is -1.90. The van der Waals surface area contributed by atoms with E-state index in [9.17, 15) is 0 Å². The summed E-state index contributed by atoms with van der Waals surface area (Å²) in [5.74, 6) is 2.01. The fourth-order valence-electron chi connectivity index (χ4n) is 1.47. The summed E-state index contributed by atoms with van der Waals surface area (Å²) >= 11 is 1.79. The number of aromatic nitrogens is 2. The first-order chi connectivity index (χ1) is 9.13. The van der Waals surface area contributed by atoms with Crippen LogP contribution in [0.25, 0.3) is 12.2 Å². The van der Waals surface area contributed by atoms with E-state index in [4.69, 9.17) is 10.3 Å². The van der Waals surface area contributed by atoms with Crippen molar-refractivity contribution < 1.29 is 4.52 Å². The van der Waals surface area contributed by atoms with Crippen molar-refractivity contribution in [3.8, 4) is 0 Å². The van der Waals surface area contributed by atoms with Crippen molar-refractivity contribution in [2.24, 2.45) is 0 Å². The third-order valence-corrected chi connectivity index (χ3v) is 3.45. The number of nitrogens with zero attached hydrogens (tertiary/aromatic N) is 2. The Morgan fingerprint density at radius 1 is 1.37 bits per heavy atom. The first kappa shape index (κ1) is 13.7. The highest BCUT2D eigenvalue weighted by Gasteiger charge is 2.04. The van der Waals surface area contributed by atoms with Crippen LogP contribution >= 0.6 is 11.8 Å². The minimum absolute atomic E-state index is 0.516. The second-order valence-corrected chi connectivity index (χ2v) is 5.98. The normalized spacial score (nSPS) is 11.5. The van der Waals surface area contributed by atoms with E-state index in [1.165, 1.54) is 0 Å². The van der Waals surface area contributed by atoms with Gasteiger partial charge in [0.1, 0.15) is 0 Å². The van der Waals surface area contributed by atoms with Gasteiger partial charge in [-0.25, -0.2) is 0 Å². The molecule has 0 atom stereocenters. The first-order valence-corrected chi connectivity index (χ1v) is 7.16. The van der Waals surface area contributed by atoms with E-state index < -0.39 is 0 Å². The molecule has 100 valence electrons. The molecule has 2 rings (SSSR count). The summed E-state index contributed by atoms with van der Waals surface area (Å²) in [4.78, 5) is 4.30. The Morgan fingerprint density at radius 3 is 2.95 bits per heavy atom. The van der Waals surface area contributed by atoms with Gasteiger partial charge >= 0.3 is 0 Å². The SMILES string of the molecule is CC(C)SCc1noc(/C=C/c2cccc(N)c2)n1. The van der Waals surface area contributed by atoms with E-state index in [-0.39, 0.29) is 0 Å². The van der Waals surface area contributed by atoms with Crippen molar-refractivity contribution >= 4 is 29.6 Å². The Kier molecular flexibility index (Phi) is 4.63. The van der Waals surface area contributed by atoms with Crippen LogP contribution in [-0.2, 0) is 5.75 Å². The van der Waals surface area contributed by atoms with E-state index >= 15 is 0 Å². The molecule has 0 amide bonds. The predicted octanol–water partition coefficient (Wildman–Crippen LogP) is 3.46. The van der Waals surface area contributed by atoms with Crippen LogP contribution in [0.4, 0.5) is 5.69 Å². The molecule has 2 aromatic rings. The molecular formula is C14H17N3OS. The lowest BCUT2D eigenvalue weighted by Gasteiger charge is -1.98. The maximum Gasteiger partial charge on any atom is 0.250 e. The number of nitrogens with two attached hydrogens (primary N) is 1. The molecule has 0 spiro atoms. The van der Waals surface area contributed by atoms with Crippen LogP contribution in [0.2, 0.25) is 0 Å². The standard InChI is InChI=1S/C14H17N3OS/c1-10(2)19-9-13-16-14(18-17-13)7-6-11-4-3-5-12(15)8-11/h3-8,10H,9,15H2,1-2H3/b7-6+. The molecule has 0 saturated heterocycles. The van der Waals surface area contributed by atoms with Crippen LogP contribution in [0.1, 0.15) is 31.1 Å². The highest BCUT2D eigenvalue weighted by molar-refractivity contribution is 7.99. The Hall–Kier alpha value is -1.75. The van der Waals surface area contributed by atoms with Crippen LogP contribution in [0, 0.1) is 0 Å². The Labute approximate surface area is 117 Å². The summed E-state index contributed by atoms with van der Waals surface area (Å²) in [5.41, 5.74) is 7.46. The first-order valence-electron chi connectivity index (χ1n) is 6.11. The van der Waals surface area contributed by atoms with E-state index in [1.54, 1.807) is 17.8 Å². The molecular weight excluding hydrogens is 258 g/mol. The summed E-state index contributed by atoms with van der Waals surface area (Å²) in [5, 5.41) is 4.50. The molecule has 19 heavy (non-hydrogen) atoms. The van der Waals surface area contributed by atoms with E-state index in [2.05, 4.69) is 24.0 Å². The average Bonchev–Trinajstić information content (AvgIpc) is 2.82. The van der Waals surface area contributed by atoms with Crippen molar-refractivity contribution in [3.05, 3.63) is 41.5 Å². The van der Waals surface area contributed by atoms with Gasteiger partial charge in [0.05, 0.1) is 5.75 Å². The molecule has 0 aliphatic rings. The second kappa shape index (κ2) is 6.43. The summed E-state index contributed by atoms with van der Waals surface area (Å²) < 4.78 is 5.16. The second-order valence-electron chi connectivity index (χ2n) is 4.41. The lowest BCUT2D eigenvalue weighted by molar-refractivity contribution is 0.405. The molecule has 5 heteroatoms. The molecule has 0 saturated carbocycles. The van der Waals surface area contributed by atoms with E-state index in [1.807, 2.05) is 30.3 Å². The predicted molar refractivity (Wildman–Crippen MR) is 80.5 cm³/mol. The molecule has 0 aliphatic carbocycles. The van der Waals surface area contributed by atoms with Crippen LogP contribution in [0.5, 0.6) is 0 Å². The van der Waals surface area contributed by atoms with Gasteiger partial charge in [-0.2, -0.15) is 16.7 Å². The zero-order valence-corrected chi connectivity index (χ0v) is 11.9. The van der Waals surface area contributed by atoms with Crippen LogP contribution < -0.4 is 5.73 Å². The van der Waals surface area contributed by atoms with Crippen LogP contribution in [-0.4, -0.2) is 15.4 Å². The Bertz CT molecular complexity index is 563. The number of benzene rings is 1. The molecule has 2 N–H and O–H groups in total. The number of anilines is 1. The van der Waals surface area contributed by atoms with Gasteiger partial charge in [0.2, 0.25) is 0 Å². The summed E-state index contributed by atoms with van der Waals surface area (Å²) in [7, 11) is 0. The fraction of sp³-hybridized carbons (Fsp3) is 0.286. The van der Waals surface area contributed by atoms with Gasteiger partial charge in [-0.1, -0.05) is 31.1 Å². The highest BCUT2D eigenvalue weighted by Crippen LogP contribution is 2.16. The molecule has 0 aliphatic heterocycles. The topological polar surface area (TPSA) is 64.9 Å². The molecule has 1 heterocycles. The maximum atomic E-state index is 5.71. The third-order valence-electron chi connectivity index (χ3n) is 2.36. The molecule has 0 fully saturated rings. The summed E-state index contributed by atoms with van der Waals surface area (Å²) in [6.07, 6.45) is 3.70. The van der Waals surface area contributed by atoms with Gasteiger partial charge in [0.15, 0.2) is 5.82 Å². The number of rotatable bonds is 5. The van der Waals surface area contributed by atoms with Crippen molar-refractivity contribution in [3.63, 3.8) is 0 Å². The van der Waals surface area contributed by atoms with Crippen molar-refractivity contribution in [2.45, 2.75) is 24.9 Å². The van der Waals surface area contributed by atoms with Gasteiger partial charge in [-0.05, 0) is 29.0 Å². The Morgan fingerprint density at radius 2 is 2.21 bits per heavy atom. The zero-order chi connectivity index (χ0) is 13.7. The monoisotopic (exact) mass is 275 g/mol. The Balaban J connectivity index is 1.99. The average molecular weight is 275 g/mol. The number of nitrogen functional groups attached to an aromatic ring is 1. The van der Waals surface area contributed by atoms with Gasteiger partial charge in [0, 0.05) is 11.8 Å². The molecule has 4 nitrogen and oxygen atoms in total. The molecule has 0 bridgehead atoms. The summed E-state index contributed by atoms with van der Waals surface area (Å²) in [6.45, 7) is 4.29. The van der Waals surface area contributed by atoms with Crippen LogP contribution in [0.15, 0.2) is 28.8 Å². The third kappa shape index (κ3) is 4.44. The zero-order valence-electron chi connectivity index (χ0n) is 11.0. The van der Waals surface area contributed by atoms with Crippen molar-refractivity contribution in [1.82, 2.24) is 10.1 Å². The van der Waals surface area contributed by atoms with E-state index in [0.29, 0.717) is 11.1 Å². The van der Waals surface area contributed by atoms with Gasteiger partial charge in [-0.3, -0.25) is 0 Å². The molecule has 0 unspecified atom stereocenters. The largest absolute Gasteiger partial charge is 0.399 e. The smallest absolute Gasteiger partial charge is 0.250 e. The van der Waals surface area contributed by atoms with E-state index in [0.717, 1.165) is 22.8 Å². The maximum absolute atomic E-state index is 5.71. The van der Waals surface area contributed by atoms with Crippen molar-refractivity contribution in [1.29, 1.82) is 0 Å². The molecule has 1 aromatic carbocycles. The van der Waals surface area contributed by atoms with Gasteiger partial charge in [-0.15, -0.1) is 0 Å². The minimum atomic E-state index is 0.516. The van der Waals surface area contributed by atoms with Gasteiger partial charge < -0.3 is 10.3 Å². The van der Waals surface area contributed by atoms with Crippen molar-refractivity contribution in [2.75, 3.05) is 5.73 Å². The molecule has 0 radical (unpaired) electrons. The fourth-order valence-corrected chi connectivity index (χ4v) is 2.06. The summed E-state index contributed by atoms with van der Waals surface area (Å²) in [6, 6.07) is 7.62. The number of hydrogen-bond donors (Lipinski definition) is 1. The van der Waals surface area contributed by atoms with Crippen LogP contribution in [0.3, 0.4) is 0 Å². The minimum Gasteiger partial charge on any atom is -0.399 e.